The van der Waals surface area contributed by atoms with Crippen LogP contribution in [0, 0.1) is 0 Å². The first-order valence-electron chi connectivity index (χ1n) is 12.5. The van der Waals surface area contributed by atoms with E-state index in [1.54, 1.807) is 78.9 Å². The van der Waals surface area contributed by atoms with Gasteiger partial charge in [0.15, 0.2) is 0 Å². The van der Waals surface area contributed by atoms with Gasteiger partial charge >= 0.3 is 6.03 Å². The van der Waals surface area contributed by atoms with Crippen molar-refractivity contribution in [3.63, 3.8) is 0 Å². The predicted octanol–water partition coefficient (Wildman–Crippen LogP) is 8.89. The molecule has 1 N–H and O–H groups in total. The molecule has 4 aromatic rings. The molecule has 0 aromatic heterocycles. The topological polar surface area (TPSA) is 84.9 Å². The molecule has 0 spiro atoms. The fourth-order valence-electron chi connectivity index (χ4n) is 4.07. The van der Waals surface area contributed by atoms with E-state index < -0.39 is 17.8 Å². The zero-order valence-electron chi connectivity index (χ0n) is 21.9. The van der Waals surface area contributed by atoms with Crippen molar-refractivity contribution in [1.29, 1.82) is 0 Å². The molecule has 1 saturated heterocycles. The van der Waals surface area contributed by atoms with E-state index in [0.29, 0.717) is 41.6 Å². The van der Waals surface area contributed by atoms with Crippen molar-refractivity contribution in [2.24, 2.45) is 0 Å². The number of hydrogen-bond acceptors (Lipinski definition) is 5. The smallest absolute Gasteiger partial charge is 0.335 e. The molecule has 218 valence electrons. The van der Waals surface area contributed by atoms with Crippen molar-refractivity contribution in [3.05, 3.63) is 126 Å². The Kier molecular flexibility index (Phi) is 9.64. The van der Waals surface area contributed by atoms with E-state index in [-0.39, 0.29) is 24.5 Å². The van der Waals surface area contributed by atoms with Gasteiger partial charge in [-0.05, 0) is 88.2 Å². The largest absolute Gasteiger partial charge is 0.489 e. The van der Waals surface area contributed by atoms with Crippen molar-refractivity contribution in [2.75, 3.05) is 4.90 Å². The molecule has 1 heterocycles. The lowest BCUT2D eigenvalue weighted by molar-refractivity contribution is -0.122. The number of imide groups is 2. The van der Waals surface area contributed by atoms with Crippen LogP contribution in [0.4, 0.5) is 10.5 Å². The highest BCUT2D eigenvalue weighted by Crippen LogP contribution is 2.31. The molecule has 4 amide bonds. The number of hydrogen-bond donors (Lipinski definition) is 1. The minimum atomic E-state index is -0.862. The second kappa shape index (κ2) is 13.4. The van der Waals surface area contributed by atoms with Crippen LogP contribution in [0.3, 0.4) is 0 Å². The maximum absolute atomic E-state index is 13.3. The van der Waals surface area contributed by atoms with Gasteiger partial charge in [0.1, 0.15) is 30.3 Å². The summed E-state index contributed by atoms with van der Waals surface area (Å²) in [7, 11) is 0. The summed E-state index contributed by atoms with van der Waals surface area (Å²) in [6.45, 7) is 0.389. The first-order chi connectivity index (χ1) is 20.6. The molecule has 1 aliphatic rings. The first-order valence-corrected chi connectivity index (χ1v) is 14.8. The Morgan fingerprint density at radius 2 is 1.35 bits per heavy atom. The third kappa shape index (κ3) is 7.34. The number of amides is 4. The highest BCUT2D eigenvalue weighted by molar-refractivity contribution is 9.10. The fraction of sp³-hybridized carbons (Fsp3) is 0.0645. The molecule has 7 nitrogen and oxygen atoms in total. The Labute approximate surface area is 275 Å². The summed E-state index contributed by atoms with van der Waals surface area (Å²) in [5, 5.41) is 4.22. The molecule has 1 aliphatic heterocycles. The van der Waals surface area contributed by atoms with Gasteiger partial charge in [0, 0.05) is 31.2 Å². The van der Waals surface area contributed by atoms with Gasteiger partial charge in [-0.25, -0.2) is 9.69 Å². The SMILES string of the molecule is O=C1NC(=O)N(c2ccc(OCc3ccc(Cl)cc3Cl)cc2)C(=O)/C1=C/c1ccc(OCc2ccc(Cl)cc2Cl)c(Br)c1. The van der Waals surface area contributed by atoms with E-state index in [4.69, 9.17) is 55.9 Å². The summed E-state index contributed by atoms with van der Waals surface area (Å²) in [5.41, 5.74) is 2.06. The molecule has 12 heteroatoms. The standard InChI is InChI=1S/C31H19BrCl4N2O5/c32-25-12-17(1-10-28(25)43-16-19-3-5-21(34)14-27(19)36)11-24-29(39)37-31(41)38(30(24)40)22-6-8-23(9-7-22)42-15-18-2-4-20(33)13-26(18)35/h1-14H,15-16H2,(H,37,39,41)/b24-11+. The minimum Gasteiger partial charge on any atom is -0.489 e. The van der Waals surface area contributed by atoms with Gasteiger partial charge in [-0.15, -0.1) is 0 Å². The van der Waals surface area contributed by atoms with Crippen molar-refractivity contribution in [1.82, 2.24) is 5.32 Å². The number of barbiturate groups is 1. The number of ether oxygens (including phenoxy) is 2. The Hall–Kier alpha value is -3.53. The van der Waals surface area contributed by atoms with E-state index in [1.165, 1.54) is 6.08 Å². The van der Waals surface area contributed by atoms with Gasteiger partial charge in [0.2, 0.25) is 0 Å². The van der Waals surface area contributed by atoms with Gasteiger partial charge in [-0.2, -0.15) is 0 Å². The zero-order valence-corrected chi connectivity index (χ0v) is 26.5. The second-order valence-corrected chi connectivity index (χ2v) is 11.7. The lowest BCUT2D eigenvalue weighted by Gasteiger charge is -2.26. The normalized spacial score (nSPS) is 14.2. The van der Waals surface area contributed by atoms with Crippen LogP contribution in [-0.4, -0.2) is 17.8 Å². The Bertz CT molecular complexity index is 1780. The quantitative estimate of drug-likeness (QED) is 0.145. The summed E-state index contributed by atoms with van der Waals surface area (Å²) in [6, 6.07) is 20.7. The van der Waals surface area contributed by atoms with Gasteiger partial charge in [-0.3, -0.25) is 14.9 Å². The van der Waals surface area contributed by atoms with Gasteiger partial charge in [0.05, 0.1) is 10.2 Å². The monoisotopic (exact) mass is 718 g/mol. The highest BCUT2D eigenvalue weighted by Gasteiger charge is 2.36. The molecule has 5 rings (SSSR count). The van der Waals surface area contributed by atoms with E-state index in [0.717, 1.165) is 16.0 Å². The average molecular weight is 721 g/mol. The number of carbonyl (C=O) groups is 3. The van der Waals surface area contributed by atoms with Gasteiger partial charge in [-0.1, -0.05) is 64.6 Å². The number of urea groups is 1. The zero-order chi connectivity index (χ0) is 30.7. The Morgan fingerprint density at radius 3 is 1.93 bits per heavy atom. The van der Waals surface area contributed by atoms with Crippen molar-refractivity contribution >= 4 is 91.9 Å². The summed E-state index contributed by atoms with van der Waals surface area (Å²) < 4.78 is 12.2. The van der Waals surface area contributed by atoms with Crippen molar-refractivity contribution in [3.8, 4) is 11.5 Å². The first kappa shape index (κ1) is 30.9. The predicted molar refractivity (Wildman–Crippen MR) is 171 cm³/mol. The molecule has 0 radical (unpaired) electrons. The third-order valence-electron chi connectivity index (χ3n) is 6.27. The molecule has 0 aliphatic carbocycles. The number of carbonyl (C=O) groups excluding carboxylic acids is 3. The number of benzene rings is 4. The summed E-state index contributed by atoms with van der Waals surface area (Å²) in [6.07, 6.45) is 1.40. The lowest BCUT2D eigenvalue weighted by Crippen LogP contribution is -2.54. The minimum absolute atomic E-state index is 0.189. The second-order valence-electron chi connectivity index (χ2n) is 9.19. The van der Waals surface area contributed by atoms with Crippen LogP contribution >= 0.6 is 62.3 Å². The molecular formula is C31H19BrCl4N2O5. The number of nitrogens with one attached hydrogen (secondary N) is 1. The molecule has 0 saturated carbocycles. The molecule has 1 fully saturated rings. The Balaban J connectivity index is 1.29. The number of anilines is 1. The van der Waals surface area contributed by atoms with Crippen molar-refractivity contribution in [2.45, 2.75) is 13.2 Å². The average Bonchev–Trinajstić information content (AvgIpc) is 2.96. The molecular weight excluding hydrogens is 702 g/mol. The number of halogens is 5. The summed E-state index contributed by atoms with van der Waals surface area (Å²) >= 11 is 27.8. The van der Waals surface area contributed by atoms with E-state index in [9.17, 15) is 14.4 Å². The van der Waals surface area contributed by atoms with Crippen LogP contribution in [0.25, 0.3) is 6.08 Å². The molecule has 4 aromatic carbocycles. The highest BCUT2D eigenvalue weighted by atomic mass is 79.9. The van der Waals surface area contributed by atoms with Crippen LogP contribution < -0.4 is 19.7 Å². The van der Waals surface area contributed by atoms with Crippen LogP contribution in [0.5, 0.6) is 11.5 Å². The van der Waals surface area contributed by atoms with Crippen LogP contribution in [-0.2, 0) is 22.8 Å². The Morgan fingerprint density at radius 1 is 0.744 bits per heavy atom. The molecule has 0 atom stereocenters. The maximum atomic E-state index is 13.3. The summed E-state index contributed by atoms with van der Waals surface area (Å²) in [5.74, 6) is -0.578. The third-order valence-corrected chi connectivity index (χ3v) is 8.06. The number of nitrogens with zero attached hydrogens (tertiary/aromatic N) is 1. The summed E-state index contributed by atoms with van der Waals surface area (Å²) in [4.78, 5) is 39.5. The fourth-order valence-corrected chi connectivity index (χ4v) is 5.51. The molecule has 43 heavy (non-hydrogen) atoms. The van der Waals surface area contributed by atoms with Crippen LogP contribution in [0.2, 0.25) is 20.1 Å². The van der Waals surface area contributed by atoms with Crippen molar-refractivity contribution < 1.29 is 23.9 Å². The lowest BCUT2D eigenvalue weighted by atomic mass is 10.1. The van der Waals surface area contributed by atoms with Crippen LogP contribution in [0.15, 0.2) is 88.9 Å². The van der Waals surface area contributed by atoms with Crippen LogP contribution in [0.1, 0.15) is 16.7 Å². The van der Waals surface area contributed by atoms with Gasteiger partial charge in [0.25, 0.3) is 11.8 Å². The molecule has 0 unspecified atom stereocenters. The van der Waals surface area contributed by atoms with E-state index in [2.05, 4.69) is 21.2 Å². The van der Waals surface area contributed by atoms with Gasteiger partial charge < -0.3 is 9.47 Å². The maximum Gasteiger partial charge on any atom is 0.335 e. The van der Waals surface area contributed by atoms with E-state index in [1.807, 2.05) is 0 Å². The van der Waals surface area contributed by atoms with E-state index >= 15 is 0 Å². The molecule has 0 bridgehead atoms. The number of rotatable bonds is 8.